The maximum Gasteiger partial charge on any atom is 0.0418 e. The van der Waals surface area contributed by atoms with Gasteiger partial charge in [0.05, 0.1) is 0 Å². The molecule has 1 saturated carbocycles. The van der Waals surface area contributed by atoms with Crippen LogP contribution in [0.25, 0.3) is 0 Å². The molecule has 1 aliphatic rings. The average molecular weight is 404 g/mol. The van der Waals surface area contributed by atoms with Crippen molar-refractivity contribution in [3.8, 4) is 0 Å². The summed E-state index contributed by atoms with van der Waals surface area (Å²) < 4.78 is 0. The van der Waals surface area contributed by atoms with E-state index in [-0.39, 0.29) is 16.7 Å². The zero-order chi connectivity index (χ0) is 19.1. The van der Waals surface area contributed by atoms with Gasteiger partial charge < -0.3 is 0 Å². The SMILES string of the molecule is CCN(CCCc1ccc(C2C(Cl)CCCC2Cl)cc1)Cc1ccccc1. The lowest BCUT2D eigenvalue weighted by molar-refractivity contribution is 0.276. The molecule has 0 bridgehead atoms. The highest BCUT2D eigenvalue weighted by Crippen LogP contribution is 2.39. The third-order valence-electron chi connectivity index (χ3n) is 5.74. The van der Waals surface area contributed by atoms with Crippen LogP contribution < -0.4 is 0 Å². The molecule has 2 aromatic rings. The largest absolute Gasteiger partial charge is 0.299 e. The Balaban J connectivity index is 1.49. The second-order valence-corrected chi connectivity index (χ2v) is 8.81. The van der Waals surface area contributed by atoms with Crippen molar-refractivity contribution >= 4 is 23.2 Å². The fraction of sp³-hybridized carbons (Fsp3) is 0.500. The molecule has 0 heterocycles. The Hall–Kier alpha value is -1.02. The monoisotopic (exact) mass is 403 g/mol. The minimum Gasteiger partial charge on any atom is -0.299 e. The third kappa shape index (κ3) is 5.98. The van der Waals surface area contributed by atoms with Crippen LogP contribution in [0.3, 0.4) is 0 Å². The van der Waals surface area contributed by atoms with E-state index >= 15 is 0 Å². The summed E-state index contributed by atoms with van der Waals surface area (Å²) in [5, 5.41) is 0.339. The van der Waals surface area contributed by atoms with E-state index in [0.29, 0.717) is 0 Å². The third-order valence-corrected chi connectivity index (χ3v) is 6.72. The summed E-state index contributed by atoms with van der Waals surface area (Å²) >= 11 is 13.1. The fourth-order valence-corrected chi connectivity index (χ4v) is 5.14. The molecule has 27 heavy (non-hydrogen) atoms. The van der Waals surface area contributed by atoms with Crippen LogP contribution in [0, 0.1) is 0 Å². The molecule has 0 aromatic heterocycles. The van der Waals surface area contributed by atoms with Gasteiger partial charge in [-0.15, -0.1) is 23.2 Å². The van der Waals surface area contributed by atoms with Gasteiger partial charge in [-0.05, 0) is 55.5 Å². The molecule has 3 rings (SSSR count). The molecule has 0 amide bonds. The Morgan fingerprint density at radius 3 is 2.19 bits per heavy atom. The molecule has 1 nitrogen and oxygen atoms in total. The number of benzene rings is 2. The van der Waals surface area contributed by atoms with Crippen LogP contribution >= 0.6 is 23.2 Å². The molecule has 3 heteroatoms. The van der Waals surface area contributed by atoms with Crippen LogP contribution in [0.5, 0.6) is 0 Å². The van der Waals surface area contributed by atoms with Crippen molar-refractivity contribution in [1.82, 2.24) is 4.90 Å². The van der Waals surface area contributed by atoms with Gasteiger partial charge in [-0.1, -0.05) is 67.9 Å². The van der Waals surface area contributed by atoms with E-state index in [1.165, 1.54) is 23.1 Å². The summed E-state index contributed by atoms with van der Waals surface area (Å²) in [6.07, 6.45) is 5.59. The van der Waals surface area contributed by atoms with Crippen LogP contribution in [0.4, 0.5) is 0 Å². The Labute approximate surface area is 174 Å². The number of aryl methyl sites for hydroxylation is 1. The number of alkyl halides is 2. The minimum atomic E-state index is 0.170. The Morgan fingerprint density at radius 2 is 1.56 bits per heavy atom. The zero-order valence-electron chi connectivity index (χ0n) is 16.3. The van der Waals surface area contributed by atoms with Crippen molar-refractivity contribution in [2.24, 2.45) is 0 Å². The minimum absolute atomic E-state index is 0.170. The Morgan fingerprint density at radius 1 is 0.889 bits per heavy atom. The van der Waals surface area contributed by atoms with Crippen LogP contribution in [-0.4, -0.2) is 28.7 Å². The molecular formula is C24H31Cl2N. The van der Waals surface area contributed by atoms with Crippen molar-refractivity contribution < 1.29 is 0 Å². The lowest BCUT2D eigenvalue weighted by atomic mass is 9.83. The van der Waals surface area contributed by atoms with E-state index in [1.54, 1.807) is 0 Å². The predicted octanol–water partition coefficient (Wildman–Crippen LogP) is 6.62. The van der Waals surface area contributed by atoms with Crippen molar-refractivity contribution in [1.29, 1.82) is 0 Å². The number of rotatable bonds is 8. The molecule has 2 aromatic carbocycles. The lowest BCUT2D eigenvalue weighted by Crippen LogP contribution is -2.27. The molecule has 2 atom stereocenters. The van der Waals surface area contributed by atoms with Crippen LogP contribution in [0.2, 0.25) is 0 Å². The quantitative estimate of drug-likeness (QED) is 0.447. The van der Waals surface area contributed by atoms with Gasteiger partial charge in [0.2, 0.25) is 0 Å². The molecule has 146 valence electrons. The number of nitrogens with zero attached hydrogens (tertiary/aromatic N) is 1. The normalized spacial score (nSPS) is 22.9. The van der Waals surface area contributed by atoms with Gasteiger partial charge in [0.15, 0.2) is 0 Å². The smallest absolute Gasteiger partial charge is 0.0418 e. The second kappa shape index (κ2) is 10.5. The van der Waals surface area contributed by atoms with Gasteiger partial charge in [0.25, 0.3) is 0 Å². The van der Waals surface area contributed by atoms with Crippen LogP contribution in [0.1, 0.15) is 55.2 Å². The first-order chi connectivity index (χ1) is 13.2. The molecular weight excluding hydrogens is 373 g/mol. The van der Waals surface area contributed by atoms with Gasteiger partial charge in [-0.25, -0.2) is 0 Å². The van der Waals surface area contributed by atoms with E-state index in [0.717, 1.165) is 45.3 Å². The summed E-state index contributed by atoms with van der Waals surface area (Å²) in [6, 6.07) is 19.8. The predicted molar refractivity (Wildman–Crippen MR) is 118 cm³/mol. The number of hydrogen-bond acceptors (Lipinski definition) is 1. The van der Waals surface area contributed by atoms with Crippen LogP contribution in [0.15, 0.2) is 54.6 Å². The number of halogens is 2. The maximum atomic E-state index is 6.56. The zero-order valence-corrected chi connectivity index (χ0v) is 17.8. The summed E-state index contributed by atoms with van der Waals surface area (Å²) in [5.41, 5.74) is 4.10. The van der Waals surface area contributed by atoms with Crippen molar-refractivity contribution in [2.75, 3.05) is 13.1 Å². The van der Waals surface area contributed by atoms with E-state index in [2.05, 4.69) is 66.4 Å². The maximum absolute atomic E-state index is 6.56. The summed E-state index contributed by atoms with van der Waals surface area (Å²) in [7, 11) is 0. The molecule has 1 fully saturated rings. The molecule has 0 N–H and O–H groups in total. The highest BCUT2D eigenvalue weighted by molar-refractivity contribution is 6.24. The van der Waals surface area contributed by atoms with Crippen molar-refractivity contribution in [2.45, 2.75) is 62.2 Å². The van der Waals surface area contributed by atoms with Gasteiger partial charge >= 0.3 is 0 Å². The molecule has 1 aliphatic carbocycles. The van der Waals surface area contributed by atoms with Gasteiger partial charge in [0, 0.05) is 23.2 Å². The number of hydrogen-bond donors (Lipinski definition) is 0. The molecule has 2 unspecified atom stereocenters. The Kier molecular flexibility index (Phi) is 8.06. The van der Waals surface area contributed by atoms with Crippen molar-refractivity contribution in [3.63, 3.8) is 0 Å². The van der Waals surface area contributed by atoms with Crippen LogP contribution in [-0.2, 0) is 13.0 Å². The topological polar surface area (TPSA) is 3.24 Å². The Bertz CT molecular complexity index is 661. The highest BCUT2D eigenvalue weighted by atomic mass is 35.5. The molecule has 0 spiro atoms. The summed E-state index contributed by atoms with van der Waals surface area (Å²) in [5.74, 6) is 0.289. The van der Waals surface area contributed by atoms with E-state index in [1.807, 2.05) is 0 Å². The first-order valence-electron chi connectivity index (χ1n) is 10.3. The molecule has 0 aliphatic heterocycles. The molecule has 0 saturated heterocycles. The first kappa shape index (κ1) is 20.7. The summed E-state index contributed by atoms with van der Waals surface area (Å²) in [4.78, 5) is 2.52. The van der Waals surface area contributed by atoms with Gasteiger partial charge in [-0.3, -0.25) is 4.90 Å². The summed E-state index contributed by atoms with van der Waals surface area (Å²) in [6.45, 7) is 5.49. The fourth-order valence-electron chi connectivity index (χ4n) is 4.12. The molecule has 0 radical (unpaired) electrons. The van der Waals surface area contributed by atoms with Crippen molar-refractivity contribution in [3.05, 3.63) is 71.3 Å². The van der Waals surface area contributed by atoms with Gasteiger partial charge in [0.1, 0.15) is 0 Å². The average Bonchev–Trinajstić information content (AvgIpc) is 2.69. The second-order valence-electron chi connectivity index (χ2n) is 7.69. The van der Waals surface area contributed by atoms with E-state index in [4.69, 9.17) is 23.2 Å². The highest BCUT2D eigenvalue weighted by Gasteiger charge is 2.31. The van der Waals surface area contributed by atoms with Gasteiger partial charge in [-0.2, -0.15) is 0 Å². The first-order valence-corrected chi connectivity index (χ1v) is 11.2. The van der Waals surface area contributed by atoms with E-state index < -0.39 is 0 Å². The van der Waals surface area contributed by atoms with E-state index in [9.17, 15) is 0 Å². The standard InChI is InChI=1S/C24H31Cl2N/c1-2-27(18-20-8-4-3-5-9-20)17-7-10-19-13-15-21(16-14-19)24-22(25)11-6-12-23(24)26/h3-5,8-9,13-16,22-24H,2,6-7,10-12,17-18H2,1H3. The lowest BCUT2D eigenvalue weighted by Gasteiger charge is -2.32.